The van der Waals surface area contributed by atoms with Gasteiger partial charge < -0.3 is 10.8 Å². The van der Waals surface area contributed by atoms with E-state index in [0.29, 0.717) is 12.8 Å². The first-order chi connectivity index (χ1) is 8.95. The highest BCUT2D eigenvalue weighted by Gasteiger charge is 2.29. The molecule has 1 aliphatic rings. The van der Waals surface area contributed by atoms with Crippen molar-refractivity contribution in [3.8, 4) is 0 Å². The molecule has 5 nitrogen and oxygen atoms in total. The van der Waals surface area contributed by atoms with Crippen LogP contribution in [-0.4, -0.2) is 37.0 Å². The Bertz CT molecular complexity index is 554. The lowest BCUT2D eigenvalue weighted by atomic mass is 10.1. The molecule has 1 fully saturated rings. The molecule has 1 aromatic carbocycles. The van der Waals surface area contributed by atoms with Gasteiger partial charge in [-0.2, -0.15) is 4.31 Å². The van der Waals surface area contributed by atoms with Crippen molar-refractivity contribution in [2.45, 2.75) is 30.4 Å². The summed E-state index contributed by atoms with van der Waals surface area (Å²) in [5.41, 5.74) is 5.56. The Morgan fingerprint density at radius 2 is 2.00 bits per heavy atom. The predicted octanol–water partition coefficient (Wildman–Crippen LogP) is 0.430. The summed E-state index contributed by atoms with van der Waals surface area (Å²) in [6.07, 6.45) is 0.396. The van der Waals surface area contributed by atoms with Gasteiger partial charge in [0.1, 0.15) is 5.82 Å². The van der Waals surface area contributed by atoms with Crippen LogP contribution in [0.5, 0.6) is 0 Å². The maximum Gasteiger partial charge on any atom is 0.243 e. The van der Waals surface area contributed by atoms with Crippen LogP contribution in [-0.2, 0) is 16.6 Å². The topological polar surface area (TPSA) is 83.6 Å². The number of nitrogens with two attached hydrogens (primary N) is 1. The van der Waals surface area contributed by atoms with E-state index >= 15 is 0 Å². The van der Waals surface area contributed by atoms with E-state index in [1.807, 2.05) is 0 Å². The van der Waals surface area contributed by atoms with Crippen LogP contribution in [0.15, 0.2) is 23.1 Å². The Hall–Kier alpha value is -1.02. The largest absolute Gasteiger partial charge is 0.393 e. The number of nitrogens with zero attached hydrogens (tertiary/aromatic N) is 1. The second-order valence-corrected chi connectivity index (χ2v) is 6.53. The number of aliphatic hydroxyl groups excluding tert-OH is 1. The molecule has 0 aliphatic carbocycles. The van der Waals surface area contributed by atoms with Gasteiger partial charge in [0.25, 0.3) is 0 Å². The van der Waals surface area contributed by atoms with Gasteiger partial charge in [0.2, 0.25) is 10.0 Å². The molecule has 0 saturated carbocycles. The Balaban J connectivity index is 2.29. The van der Waals surface area contributed by atoms with Gasteiger partial charge in [-0.05, 0) is 31.0 Å². The molecule has 0 unspecified atom stereocenters. The van der Waals surface area contributed by atoms with Gasteiger partial charge in [0.05, 0.1) is 11.0 Å². The standard InChI is InChI=1S/C12H17FN2O3S/c13-12-2-1-11(7-9(12)8-14)19(17,18)15-5-3-10(16)4-6-15/h1-2,7,10,16H,3-6,8,14H2. The normalized spacial score (nSPS) is 18.7. The number of hydrogen-bond acceptors (Lipinski definition) is 4. The molecule has 1 aromatic rings. The fourth-order valence-electron chi connectivity index (χ4n) is 2.10. The second-order valence-electron chi connectivity index (χ2n) is 4.59. The number of rotatable bonds is 3. The second kappa shape index (κ2) is 5.54. The molecule has 3 N–H and O–H groups in total. The molecule has 0 aromatic heterocycles. The van der Waals surface area contributed by atoms with Crippen molar-refractivity contribution in [1.29, 1.82) is 0 Å². The zero-order valence-corrected chi connectivity index (χ0v) is 11.2. The van der Waals surface area contributed by atoms with Crippen molar-refractivity contribution in [3.63, 3.8) is 0 Å². The lowest BCUT2D eigenvalue weighted by Crippen LogP contribution is -2.40. The van der Waals surface area contributed by atoms with E-state index in [4.69, 9.17) is 5.73 Å². The van der Waals surface area contributed by atoms with Crippen molar-refractivity contribution < 1.29 is 17.9 Å². The molecule has 7 heteroatoms. The van der Waals surface area contributed by atoms with Crippen LogP contribution in [0.2, 0.25) is 0 Å². The summed E-state index contributed by atoms with van der Waals surface area (Å²) in [6, 6.07) is 3.64. The first-order valence-electron chi connectivity index (χ1n) is 6.12. The van der Waals surface area contributed by atoms with Gasteiger partial charge >= 0.3 is 0 Å². The molecule has 0 spiro atoms. The first-order valence-corrected chi connectivity index (χ1v) is 7.56. The number of benzene rings is 1. The van der Waals surface area contributed by atoms with E-state index in [-0.39, 0.29) is 30.1 Å². The highest BCUT2D eigenvalue weighted by Crippen LogP contribution is 2.22. The van der Waals surface area contributed by atoms with Crippen LogP contribution in [0.25, 0.3) is 0 Å². The lowest BCUT2D eigenvalue weighted by molar-refractivity contribution is 0.113. The van der Waals surface area contributed by atoms with Gasteiger partial charge in [-0.15, -0.1) is 0 Å². The molecule has 0 bridgehead atoms. The molecule has 1 saturated heterocycles. The zero-order chi connectivity index (χ0) is 14.0. The molecular formula is C12H17FN2O3S. The highest BCUT2D eigenvalue weighted by atomic mass is 32.2. The van der Waals surface area contributed by atoms with E-state index < -0.39 is 21.9 Å². The minimum Gasteiger partial charge on any atom is -0.393 e. The van der Waals surface area contributed by atoms with Crippen LogP contribution in [0.4, 0.5) is 4.39 Å². The van der Waals surface area contributed by atoms with Gasteiger partial charge in [-0.1, -0.05) is 0 Å². The molecule has 19 heavy (non-hydrogen) atoms. The number of halogens is 1. The van der Waals surface area contributed by atoms with Crippen molar-refractivity contribution in [2.75, 3.05) is 13.1 Å². The van der Waals surface area contributed by atoms with Crippen molar-refractivity contribution in [1.82, 2.24) is 4.31 Å². The molecule has 106 valence electrons. The molecule has 0 radical (unpaired) electrons. The molecule has 0 amide bonds. The van der Waals surface area contributed by atoms with Crippen molar-refractivity contribution >= 4 is 10.0 Å². The van der Waals surface area contributed by atoms with E-state index in [0.717, 1.165) is 6.07 Å². The van der Waals surface area contributed by atoms with Crippen LogP contribution in [0.1, 0.15) is 18.4 Å². The fraction of sp³-hybridized carbons (Fsp3) is 0.500. The van der Waals surface area contributed by atoms with E-state index in [1.165, 1.54) is 16.4 Å². The first kappa shape index (κ1) is 14.4. The summed E-state index contributed by atoms with van der Waals surface area (Å²) in [4.78, 5) is 0.0470. The Kier molecular flexibility index (Phi) is 4.19. The monoisotopic (exact) mass is 288 g/mol. The summed E-state index contributed by atoms with van der Waals surface area (Å²) in [7, 11) is -3.63. The van der Waals surface area contributed by atoms with Crippen LogP contribution in [0, 0.1) is 5.82 Å². The molecular weight excluding hydrogens is 271 g/mol. The summed E-state index contributed by atoms with van der Waals surface area (Å²) < 4.78 is 39.4. The molecule has 2 rings (SSSR count). The van der Waals surface area contributed by atoms with Crippen molar-refractivity contribution in [3.05, 3.63) is 29.6 Å². The van der Waals surface area contributed by atoms with Gasteiger partial charge in [0.15, 0.2) is 0 Å². The van der Waals surface area contributed by atoms with Gasteiger partial charge in [0, 0.05) is 25.2 Å². The third-order valence-corrected chi connectivity index (χ3v) is 5.19. The Labute approximate surface area is 111 Å². The molecule has 1 heterocycles. The van der Waals surface area contributed by atoms with E-state index in [1.54, 1.807) is 0 Å². The predicted molar refractivity (Wildman–Crippen MR) is 68.3 cm³/mol. The smallest absolute Gasteiger partial charge is 0.243 e. The number of piperidine rings is 1. The third kappa shape index (κ3) is 2.94. The Morgan fingerprint density at radius 1 is 1.37 bits per heavy atom. The maximum absolute atomic E-state index is 13.3. The van der Waals surface area contributed by atoms with E-state index in [9.17, 15) is 17.9 Å². The zero-order valence-electron chi connectivity index (χ0n) is 10.4. The quantitative estimate of drug-likeness (QED) is 0.845. The van der Waals surface area contributed by atoms with Gasteiger partial charge in [-0.25, -0.2) is 12.8 Å². The summed E-state index contributed by atoms with van der Waals surface area (Å²) in [5, 5.41) is 9.39. The summed E-state index contributed by atoms with van der Waals surface area (Å²) >= 11 is 0. The lowest BCUT2D eigenvalue weighted by Gasteiger charge is -2.28. The molecule has 1 aliphatic heterocycles. The van der Waals surface area contributed by atoms with Crippen LogP contribution >= 0.6 is 0 Å². The number of sulfonamides is 1. The number of aliphatic hydroxyl groups is 1. The summed E-state index contributed by atoms with van der Waals surface area (Å²) in [5.74, 6) is -0.504. The minimum absolute atomic E-state index is 0.0470. The average molecular weight is 288 g/mol. The summed E-state index contributed by atoms with van der Waals surface area (Å²) in [6.45, 7) is 0.506. The third-order valence-electron chi connectivity index (χ3n) is 3.30. The SMILES string of the molecule is NCc1cc(S(=O)(=O)N2CCC(O)CC2)ccc1F. The minimum atomic E-state index is -3.63. The van der Waals surface area contributed by atoms with Crippen molar-refractivity contribution in [2.24, 2.45) is 5.73 Å². The average Bonchev–Trinajstić information content (AvgIpc) is 2.39. The van der Waals surface area contributed by atoms with Gasteiger partial charge in [-0.3, -0.25) is 0 Å². The van der Waals surface area contributed by atoms with E-state index in [2.05, 4.69) is 0 Å². The van der Waals surface area contributed by atoms with Crippen LogP contribution < -0.4 is 5.73 Å². The Morgan fingerprint density at radius 3 is 2.58 bits per heavy atom. The van der Waals surface area contributed by atoms with Crippen LogP contribution in [0.3, 0.4) is 0 Å². The number of hydrogen-bond donors (Lipinski definition) is 2. The fourth-order valence-corrected chi connectivity index (χ4v) is 3.62. The maximum atomic E-state index is 13.3. The molecule has 0 atom stereocenters. The highest BCUT2D eigenvalue weighted by molar-refractivity contribution is 7.89.